The summed E-state index contributed by atoms with van der Waals surface area (Å²) in [5.74, 6) is 1.89. The van der Waals surface area contributed by atoms with E-state index in [-0.39, 0.29) is 18.3 Å². The molecule has 16 aromatic carbocycles. The third kappa shape index (κ3) is 15.2. The van der Waals surface area contributed by atoms with Crippen LogP contribution in [0.4, 0.5) is 0 Å². The Bertz CT molecular complexity index is 6730. The van der Waals surface area contributed by atoms with Crippen molar-refractivity contribution in [1.82, 2.24) is 28.2 Å². The molecule has 5 heterocycles. The standard InChI is InChI=1S/C49H33N3.C30H28BNO2.C25H17BrN2.2C2H6/c1-2-10-41(11-3-1)52-48-17-9-6-14-45(48)50-49(52)40-28-26-38(27-29-40)36-20-18-34(19-21-36)35-22-24-37(25-23-35)39-30-32-42(33-31-39)51-46-15-7-4-12-43(46)44-13-5-8-16-47(44)51;1-29(2)30(3,4)34-31(33-29)23-17-13-21(14-18-23)22-15-19-24(20-16-22)32-27-11-7-5-9-25(27)26-10-6-8-12-28(26)32;26-21-16-14-19(15-17-21)18-10-12-20(13-11-18)25-27-23-8-4-5-9-24(23)28(25)22-6-2-1-3-7-22;2*1-2/h1-33H;5-20H,1-4H3;1-17H;2*1-2H3. The fourth-order valence-electron chi connectivity index (χ4n) is 15.9. The lowest BCUT2D eigenvalue weighted by molar-refractivity contribution is 0.00578. The van der Waals surface area contributed by atoms with Crippen LogP contribution in [0.25, 0.3) is 167 Å². The normalized spacial score (nSPS) is 12.7. The van der Waals surface area contributed by atoms with Gasteiger partial charge in [0.15, 0.2) is 0 Å². The second-order valence-electron chi connectivity index (χ2n) is 30.0. The summed E-state index contributed by atoms with van der Waals surface area (Å²) in [4.78, 5) is 9.96. The summed E-state index contributed by atoms with van der Waals surface area (Å²) in [6.07, 6.45) is 0. The van der Waals surface area contributed by atoms with Gasteiger partial charge in [-0.1, -0.05) is 335 Å². The number of hydrogen-bond donors (Lipinski definition) is 0. The third-order valence-corrected chi connectivity index (χ3v) is 23.1. The maximum atomic E-state index is 6.20. The molecule has 1 fully saturated rings. The first-order valence-corrected chi connectivity index (χ1v) is 41.6. The fourth-order valence-corrected chi connectivity index (χ4v) is 16.2. The molecule has 4 aromatic heterocycles. The monoisotopic (exact) mass is 1590 g/mol. The topological polar surface area (TPSA) is 64.0 Å². The van der Waals surface area contributed by atoms with Crippen molar-refractivity contribution in [2.24, 2.45) is 0 Å². The first-order valence-electron chi connectivity index (χ1n) is 40.8. The van der Waals surface area contributed by atoms with Crippen molar-refractivity contribution in [1.29, 1.82) is 0 Å². The molecular formula is C108H90BBrN6O2. The third-order valence-electron chi connectivity index (χ3n) is 22.6. The Morgan fingerprint density at radius 1 is 0.229 bits per heavy atom. The molecule has 1 aliphatic heterocycles. The largest absolute Gasteiger partial charge is 0.494 e. The quantitative estimate of drug-likeness (QED) is 0.114. The van der Waals surface area contributed by atoms with Crippen molar-refractivity contribution in [3.8, 4) is 101 Å². The molecular weight excluding hydrogens is 1500 g/mol. The average molecular weight is 1590 g/mol. The van der Waals surface area contributed by atoms with Gasteiger partial charge >= 0.3 is 7.12 Å². The van der Waals surface area contributed by atoms with Gasteiger partial charge in [-0.05, 0) is 198 Å². The van der Waals surface area contributed by atoms with Gasteiger partial charge in [0.1, 0.15) is 11.6 Å². The van der Waals surface area contributed by atoms with Gasteiger partial charge in [0.25, 0.3) is 0 Å². The molecule has 118 heavy (non-hydrogen) atoms. The Hall–Kier alpha value is -13.5. The van der Waals surface area contributed by atoms with Crippen LogP contribution >= 0.6 is 15.9 Å². The highest BCUT2D eigenvalue weighted by atomic mass is 79.9. The molecule has 574 valence electrons. The smallest absolute Gasteiger partial charge is 0.399 e. The summed E-state index contributed by atoms with van der Waals surface area (Å²) in [6, 6.07) is 142. The zero-order valence-electron chi connectivity index (χ0n) is 67.6. The second kappa shape index (κ2) is 33.8. The number of hydrogen-bond acceptors (Lipinski definition) is 4. The summed E-state index contributed by atoms with van der Waals surface area (Å²) in [5.41, 5.74) is 28.1. The molecule has 0 unspecified atom stereocenters. The van der Waals surface area contributed by atoms with E-state index in [0.717, 1.165) is 71.8 Å². The van der Waals surface area contributed by atoms with Gasteiger partial charge in [-0.3, -0.25) is 9.13 Å². The highest BCUT2D eigenvalue weighted by molar-refractivity contribution is 9.10. The van der Waals surface area contributed by atoms with Gasteiger partial charge in [-0.2, -0.15) is 0 Å². The van der Waals surface area contributed by atoms with E-state index in [2.05, 4.69) is 438 Å². The molecule has 0 saturated carbocycles. The maximum Gasteiger partial charge on any atom is 0.494 e. The van der Waals surface area contributed by atoms with E-state index in [9.17, 15) is 0 Å². The Morgan fingerprint density at radius 2 is 0.449 bits per heavy atom. The van der Waals surface area contributed by atoms with Gasteiger partial charge in [0.2, 0.25) is 0 Å². The molecule has 1 aliphatic rings. The van der Waals surface area contributed by atoms with Crippen molar-refractivity contribution in [2.75, 3.05) is 0 Å². The van der Waals surface area contributed by atoms with Crippen LogP contribution in [0.3, 0.4) is 0 Å². The number of benzene rings is 16. The highest BCUT2D eigenvalue weighted by Crippen LogP contribution is 2.40. The Labute approximate surface area is 699 Å². The highest BCUT2D eigenvalue weighted by Gasteiger charge is 2.51. The summed E-state index contributed by atoms with van der Waals surface area (Å²) in [5, 5.41) is 5.11. The van der Waals surface area contributed by atoms with Crippen LogP contribution in [0, 0.1) is 0 Å². The van der Waals surface area contributed by atoms with Gasteiger partial charge < -0.3 is 18.4 Å². The van der Waals surface area contributed by atoms with Crippen LogP contribution in [0.15, 0.2) is 405 Å². The Morgan fingerprint density at radius 3 is 0.746 bits per heavy atom. The molecule has 20 aromatic rings. The summed E-state index contributed by atoms with van der Waals surface area (Å²) in [6.45, 7) is 16.3. The lowest BCUT2D eigenvalue weighted by atomic mass is 9.78. The van der Waals surface area contributed by atoms with E-state index in [1.54, 1.807) is 0 Å². The zero-order valence-corrected chi connectivity index (χ0v) is 69.1. The van der Waals surface area contributed by atoms with Crippen molar-refractivity contribution in [2.45, 2.75) is 66.6 Å². The van der Waals surface area contributed by atoms with Gasteiger partial charge in [-0.15, -0.1) is 0 Å². The molecule has 1 saturated heterocycles. The molecule has 0 radical (unpaired) electrons. The maximum absolute atomic E-state index is 6.20. The van der Waals surface area contributed by atoms with Crippen LogP contribution < -0.4 is 5.46 Å². The molecule has 0 atom stereocenters. The predicted octanol–water partition coefficient (Wildman–Crippen LogP) is 28.7. The molecule has 0 aliphatic carbocycles. The molecule has 8 nitrogen and oxygen atoms in total. The first kappa shape index (κ1) is 77.1. The van der Waals surface area contributed by atoms with Crippen LogP contribution in [0.2, 0.25) is 0 Å². The number of fused-ring (bicyclic) bond motifs is 8. The lowest BCUT2D eigenvalue weighted by Gasteiger charge is -2.32. The lowest BCUT2D eigenvalue weighted by Crippen LogP contribution is -2.41. The van der Waals surface area contributed by atoms with Crippen molar-refractivity contribution in [3.05, 3.63) is 405 Å². The zero-order chi connectivity index (χ0) is 80.9. The second-order valence-corrected chi connectivity index (χ2v) is 31.0. The minimum atomic E-state index is -0.336. The van der Waals surface area contributed by atoms with Crippen LogP contribution in [-0.2, 0) is 9.31 Å². The number of nitrogens with zero attached hydrogens (tertiary/aromatic N) is 6. The minimum absolute atomic E-state index is 0.334. The minimum Gasteiger partial charge on any atom is -0.399 e. The van der Waals surface area contributed by atoms with Crippen LogP contribution in [0.5, 0.6) is 0 Å². The summed E-state index contributed by atoms with van der Waals surface area (Å²) in [7, 11) is -0.336. The van der Waals surface area contributed by atoms with E-state index in [4.69, 9.17) is 19.3 Å². The van der Waals surface area contributed by atoms with E-state index in [1.807, 2.05) is 52.0 Å². The number of para-hydroxylation sites is 10. The van der Waals surface area contributed by atoms with E-state index >= 15 is 0 Å². The number of halogens is 1. The van der Waals surface area contributed by atoms with Crippen LogP contribution in [-0.4, -0.2) is 46.6 Å². The average Bonchev–Trinajstić information content (AvgIpc) is 1.66. The van der Waals surface area contributed by atoms with Crippen molar-refractivity contribution in [3.63, 3.8) is 0 Å². The van der Waals surface area contributed by atoms with Gasteiger partial charge in [0, 0.05) is 59.9 Å². The van der Waals surface area contributed by atoms with E-state index in [0.29, 0.717) is 0 Å². The predicted molar refractivity (Wildman–Crippen MR) is 501 cm³/mol. The van der Waals surface area contributed by atoms with Crippen LogP contribution in [0.1, 0.15) is 55.4 Å². The SMILES string of the molecule is Brc1ccc(-c2ccc(-c3nc4ccccc4n3-c3ccccc3)cc2)cc1.CC.CC.CC1(C)OB(c2ccc(-c3ccc(-n4c5ccccc5c5ccccc54)cc3)cc2)OC1(C)C.c1ccc(-n2c(-c3ccc(-c4ccc(-c5ccc(-c6ccc(-n7c8ccccc8c8ccccc87)cc6)cc5)cc4)cc3)nc3ccccc32)cc1. The van der Waals surface area contributed by atoms with Crippen molar-refractivity contribution >= 4 is 94.2 Å². The molecule has 0 N–H and O–H groups in total. The number of aromatic nitrogens is 6. The Kier molecular flexibility index (Phi) is 22.1. The molecule has 0 amide bonds. The molecule has 10 heteroatoms. The van der Waals surface area contributed by atoms with Gasteiger partial charge in [-0.25, -0.2) is 9.97 Å². The summed E-state index contributed by atoms with van der Waals surface area (Å²) < 4.78 is 22.7. The summed E-state index contributed by atoms with van der Waals surface area (Å²) >= 11 is 3.50. The molecule has 0 bridgehead atoms. The number of imidazole rings is 2. The van der Waals surface area contributed by atoms with E-state index in [1.165, 1.54) is 105 Å². The van der Waals surface area contributed by atoms with Crippen molar-refractivity contribution < 1.29 is 9.31 Å². The number of rotatable bonds is 12. The first-order chi connectivity index (χ1) is 57.9. The van der Waals surface area contributed by atoms with Gasteiger partial charge in [0.05, 0.1) is 55.3 Å². The van der Waals surface area contributed by atoms with E-state index < -0.39 is 0 Å². The molecule has 21 rings (SSSR count). The fraction of sp³-hybridized carbons (Fsp3) is 0.0926. The molecule has 0 spiro atoms. The Balaban J connectivity index is 0.000000131.